The quantitative estimate of drug-likeness (QED) is 0.819. The average molecular weight is 227 g/mol. The minimum atomic E-state index is -3.49. The maximum atomic E-state index is 11.7. The van der Waals surface area contributed by atoms with Crippen LogP contribution in [0.2, 0.25) is 0 Å². The molecule has 0 aliphatic rings. The van der Waals surface area contributed by atoms with E-state index in [9.17, 15) is 13.2 Å². The average Bonchev–Trinajstić information content (AvgIpc) is 2.18. The molecular weight excluding hydrogens is 214 g/mol. The Morgan fingerprint density at radius 1 is 1.27 bits per heavy atom. The SMILES string of the molecule is CCNC(=O)CS(=O)(=O)c1ccccc1. The predicted molar refractivity (Wildman–Crippen MR) is 57.2 cm³/mol. The van der Waals surface area contributed by atoms with Gasteiger partial charge in [-0.2, -0.15) is 0 Å². The number of carbonyl (C=O) groups excluding carboxylic acids is 1. The van der Waals surface area contributed by atoms with Gasteiger partial charge in [0.25, 0.3) is 0 Å². The molecule has 1 aromatic carbocycles. The molecule has 0 spiro atoms. The van der Waals surface area contributed by atoms with Gasteiger partial charge < -0.3 is 5.32 Å². The number of nitrogens with one attached hydrogen (secondary N) is 1. The Morgan fingerprint density at radius 3 is 2.40 bits per heavy atom. The molecule has 82 valence electrons. The lowest BCUT2D eigenvalue weighted by molar-refractivity contribution is -0.118. The first-order valence-electron chi connectivity index (χ1n) is 4.61. The third-order valence-corrected chi connectivity index (χ3v) is 3.43. The van der Waals surface area contributed by atoms with Crippen LogP contribution < -0.4 is 5.32 Å². The van der Waals surface area contributed by atoms with E-state index in [0.29, 0.717) is 6.54 Å². The fourth-order valence-corrected chi connectivity index (χ4v) is 2.32. The van der Waals surface area contributed by atoms with Crippen LogP contribution in [0.1, 0.15) is 6.92 Å². The number of hydrogen-bond acceptors (Lipinski definition) is 3. The first-order chi connectivity index (χ1) is 7.06. The Bertz CT molecular complexity index is 425. The Hall–Kier alpha value is -1.36. The lowest BCUT2D eigenvalue weighted by Gasteiger charge is -2.03. The van der Waals surface area contributed by atoms with E-state index in [-0.39, 0.29) is 4.90 Å². The van der Waals surface area contributed by atoms with E-state index in [1.165, 1.54) is 12.1 Å². The molecule has 4 nitrogen and oxygen atoms in total. The van der Waals surface area contributed by atoms with E-state index in [2.05, 4.69) is 5.32 Å². The zero-order valence-corrected chi connectivity index (χ0v) is 9.25. The topological polar surface area (TPSA) is 63.2 Å². The molecule has 15 heavy (non-hydrogen) atoms. The van der Waals surface area contributed by atoms with Crippen LogP contribution in [-0.2, 0) is 14.6 Å². The number of sulfone groups is 1. The Kier molecular flexibility index (Phi) is 3.85. The summed E-state index contributed by atoms with van der Waals surface area (Å²) in [6.45, 7) is 2.18. The number of carbonyl (C=O) groups is 1. The van der Waals surface area contributed by atoms with Crippen molar-refractivity contribution in [2.45, 2.75) is 11.8 Å². The Balaban J connectivity index is 2.81. The lowest BCUT2D eigenvalue weighted by Crippen LogP contribution is -2.29. The molecule has 0 bridgehead atoms. The third kappa shape index (κ3) is 3.36. The van der Waals surface area contributed by atoms with Crippen molar-refractivity contribution >= 4 is 15.7 Å². The van der Waals surface area contributed by atoms with Gasteiger partial charge in [0.15, 0.2) is 9.84 Å². The molecule has 0 aromatic heterocycles. The summed E-state index contributed by atoms with van der Waals surface area (Å²) in [6, 6.07) is 7.95. The smallest absolute Gasteiger partial charge is 0.235 e. The maximum absolute atomic E-state index is 11.7. The molecule has 1 N–H and O–H groups in total. The molecule has 1 rings (SSSR count). The maximum Gasteiger partial charge on any atom is 0.235 e. The van der Waals surface area contributed by atoms with Gasteiger partial charge in [0.05, 0.1) is 4.90 Å². The summed E-state index contributed by atoms with van der Waals surface area (Å²) in [5, 5.41) is 2.45. The summed E-state index contributed by atoms with van der Waals surface area (Å²) in [5.41, 5.74) is 0. The van der Waals surface area contributed by atoms with Gasteiger partial charge in [-0.05, 0) is 19.1 Å². The normalized spacial score (nSPS) is 11.0. The van der Waals surface area contributed by atoms with E-state index >= 15 is 0 Å². The van der Waals surface area contributed by atoms with Gasteiger partial charge in [-0.25, -0.2) is 8.42 Å². The largest absolute Gasteiger partial charge is 0.355 e. The second-order valence-electron chi connectivity index (χ2n) is 3.03. The standard InChI is InChI=1S/C10H13NO3S/c1-2-11-10(12)8-15(13,14)9-6-4-3-5-7-9/h3-7H,2,8H2,1H3,(H,11,12). The molecule has 0 aliphatic carbocycles. The van der Waals surface area contributed by atoms with Crippen LogP contribution in [0.15, 0.2) is 35.2 Å². The van der Waals surface area contributed by atoms with Gasteiger partial charge in [-0.15, -0.1) is 0 Å². The van der Waals surface area contributed by atoms with Crippen LogP contribution in [0.25, 0.3) is 0 Å². The number of rotatable bonds is 4. The van der Waals surface area contributed by atoms with Crippen molar-refractivity contribution in [3.8, 4) is 0 Å². The Labute approximate surface area is 89.2 Å². The first kappa shape index (κ1) is 11.7. The van der Waals surface area contributed by atoms with E-state index < -0.39 is 21.5 Å². The second-order valence-corrected chi connectivity index (χ2v) is 5.02. The number of hydrogen-bond donors (Lipinski definition) is 1. The van der Waals surface area contributed by atoms with Gasteiger partial charge in [-0.1, -0.05) is 18.2 Å². The highest BCUT2D eigenvalue weighted by molar-refractivity contribution is 7.92. The summed E-state index contributed by atoms with van der Waals surface area (Å²) < 4.78 is 23.3. The summed E-state index contributed by atoms with van der Waals surface area (Å²) in [5.74, 6) is -0.966. The van der Waals surface area contributed by atoms with Gasteiger partial charge >= 0.3 is 0 Å². The molecular formula is C10H13NO3S. The van der Waals surface area contributed by atoms with Crippen molar-refractivity contribution in [3.05, 3.63) is 30.3 Å². The molecule has 0 radical (unpaired) electrons. The van der Waals surface area contributed by atoms with E-state index in [1.807, 2.05) is 0 Å². The van der Waals surface area contributed by atoms with E-state index in [0.717, 1.165) is 0 Å². The molecule has 0 saturated heterocycles. The van der Waals surface area contributed by atoms with Crippen molar-refractivity contribution in [3.63, 3.8) is 0 Å². The van der Waals surface area contributed by atoms with E-state index in [1.54, 1.807) is 25.1 Å². The van der Waals surface area contributed by atoms with Crippen LogP contribution in [0.5, 0.6) is 0 Å². The molecule has 0 atom stereocenters. The van der Waals surface area contributed by atoms with Crippen molar-refractivity contribution in [1.29, 1.82) is 0 Å². The fraction of sp³-hybridized carbons (Fsp3) is 0.300. The van der Waals surface area contributed by atoms with Crippen molar-refractivity contribution < 1.29 is 13.2 Å². The van der Waals surface area contributed by atoms with Crippen molar-refractivity contribution in [1.82, 2.24) is 5.32 Å². The monoisotopic (exact) mass is 227 g/mol. The Morgan fingerprint density at radius 2 is 1.87 bits per heavy atom. The van der Waals surface area contributed by atoms with Crippen LogP contribution in [0.3, 0.4) is 0 Å². The number of benzene rings is 1. The van der Waals surface area contributed by atoms with Crippen molar-refractivity contribution in [2.24, 2.45) is 0 Å². The minimum absolute atomic E-state index is 0.177. The first-order valence-corrected chi connectivity index (χ1v) is 6.26. The molecule has 1 amide bonds. The van der Waals surface area contributed by atoms with Crippen LogP contribution in [0, 0.1) is 0 Å². The fourth-order valence-electron chi connectivity index (χ4n) is 1.13. The van der Waals surface area contributed by atoms with Crippen LogP contribution >= 0.6 is 0 Å². The van der Waals surface area contributed by atoms with Gasteiger partial charge in [0, 0.05) is 6.54 Å². The lowest BCUT2D eigenvalue weighted by atomic mass is 10.4. The molecule has 5 heteroatoms. The molecule has 0 unspecified atom stereocenters. The highest BCUT2D eigenvalue weighted by atomic mass is 32.2. The zero-order valence-electron chi connectivity index (χ0n) is 8.43. The zero-order chi connectivity index (χ0) is 11.3. The van der Waals surface area contributed by atoms with Gasteiger partial charge in [0.1, 0.15) is 5.75 Å². The van der Waals surface area contributed by atoms with Gasteiger partial charge in [0.2, 0.25) is 5.91 Å². The van der Waals surface area contributed by atoms with Crippen LogP contribution in [-0.4, -0.2) is 26.6 Å². The summed E-state index contributed by atoms with van der Waals surface area (Å²) in [4.78, 5) is 11.3. The molecule has 0 saturated carbocycles. The number of amides is 1. The summed E-state index contributed by atoms with van der Waals surface area (Å²) in [6.07, 6.45) is 0. The van der Waals surface area contributed by atoms with E-state index in [4.69, 9.17) is 0 Å². The summed E-state index contributed by atoms with van der Waals surface area (Å²) in [7, 11) is -3.49. The third-order valence-electron chi connectivity index (χ3n) is 1.80. The molecule has 0 fully saturated rings. The van der Waals surface area contributed by atoms with Gasteiger partial charge in [-0.3, -0.25) is 4.79 Å². The van der Waals surface area contributed by atoms with Crippen molar-refractivity contribution in [2.75, 3.05) is 12.3 Å². The van der Waals surface area contributed by atoms with Crippen LogP contribution in [0.4, 0.5) is 0 Å². The minimum Gasteiger partial charge on any atom is -0.355 e. The second kappa shape index (κ2) is 4.93. The summed E-state index contributed by atoms with van der Waals surface area (Å²) >= 11 is 0. The molecule has 0 aliphatic heterocycles. The predicted octanol–water partition coefficient (Wildman–Crippen LogP) is 0.596. The highest BCUT2D eigenvalue weighted by Crippen LogP contribution is 2.09. The molecule has 0 heterocycles. The highest BCUT2D eigenvalue weighted by Gasteiger charge is 2.17. The molecule has 1 aromatic rings.